The van der Waals surface area contributed by atoms with Crippen molar-refractivity contribution in [3.63, 3.8) is 0 Å². The number of carbonyl (C=O) groups excluding carboxylic acids is 1. The molecule has 0 aliphatic heterocycles. The van der Waals surface area contributed by atoms with E-state index in [1.165, 1.54) is 6.26 Å². The van der Waals surface area contributed by atoms with Crippen LogP contribution in [0.25, 0.3) is 0 Å². The molecule has 0 fully saturated rings. The van der Waals surface area contributed by atoms with Crippen LogP contribution >= 0.6 is 0 Å². The van der Waals surface area contributed by atoms with Gasteiger partial charge in [0.1, 0.15) is 0 Å². The van der Waals surface area contributed by atoms with Gasteiger partial charge in [-0.2, -0.15) is 5.26 Å². The second-order valence-electron chi connectivity index (χ2n) is 4.22. The van der Waals surface area contributed by atoms with Crippen LogP contribution < -0.4 is 11.3 Å². The normalized spacial score (nSPS) is 10.7. The Morgan fingerprint density at radius 1 is 1.67 bits per heavy atom. The Kier molecular flexibility index (Phi) is 5.36. The highest BCUT2D eigenvalue weighted by Gasteiger charge is 2.18. The maximum absolute atomic E-state index is 11.5. The van der Waals surface area contributed by atoms with Crippen molar-refractivity contribution in [2.45, 2.75) is 32.9 Å². The Hall–Kier alpha value is -1.84. The molecule has 98 valence electrons. The molecule has 0 aliphatic rings. The first-order chi connectivity index (χ1) is 8.60. The predicted molar refractivity (Wildman–Crippen MR) is 66.1 cm³/mol. The molecule has 0 saturated carbocycles. The highest BCUT2D eigenvalue weighted by atomic mass is 16.3. The first kappa shape index (κ1) is 14.2. The molecule has 0 unspecified atom stereocenters. The molecule has 1 amide bonds. The van der Waals surface area contributed by atoms with E-state index < -0.39 is 5.91 Å². The van der Waals surface area contributed by atoms with Crippen LogP contribution in [-0.2, 0) is 6.54 Å². The molecule has 0 bridgehead atoms. The van der Waals surface area contributed by atoms with Crippen molar-refractivity contribution in [2.24, 2.45) is 5.84 Å². The lowest BCUT2D eigenvalue weighted by Crippen LogP contribution is -2.33. The number of carbonyl (C=O) groups is 1. The lowest BCUT2D eigenvalue weighted by molar-refractivity contribution is 0.0922. The van der Waals surface area contributed by atoms with Crippen LogP contribution in [-0.4, -0.2) is 23.4 Å². The fraction of sp³-hybridized carbons (Fsp3) is 0.500. The zero-order valence-electron chi connectivity index (χ0n) is 10.6. The van der Waals surface area contributed by atoms with Gasteiger partial charge in [-0.1, -0.05) is 0 Å². The first-order valence-electron chi connectivity index (χ1n) is 5.78. The Bertz CT molecular complexity index is 434. The van der Waals surface area contributed by atoms with E-state index in [0.29, 0.717) is 19.5 Å². The van der Waals surface area contributed by atoms with Crippen LogP contribution in [0.15, 0.2) is 16.7 Å². The molecule has 18 heavy (non-hydrogen) atoms. The highest BCUT2D eigenvalue weighted by molar-refractivity contribution is 5.92. The summed E-state index contributed by atoms with van der Waals surface area (Å²) >= 11 is 0. The number of nitrogen functional groups attached to an aromatic ring is 1. The molecular weight excluding hydrogens is 232 g/mol. The number of nitrogens with one attached hydrogen (secondary N) is 1. The fourth-order valence-electron chi connectivity index (χ4n) is 1.66. The summed E-state index contributed by atoms with van der Waals surface area (Å²) in [7, 11) is 0. The highest BCUT2D eigenvalue weighted by Crippen LogP contribution is 2.15. The number of nitriles is 1. The van der Waals surface area contributed by atoms with Crippen molar-refractivity contribution in [2.75, 3.05) is 6.54 Å². The smallest absolute Gasteiger partial charge is 0.301 e. The van der Waals surface area contributed by atoms with Crippen molar-refractivity contribution in [3.8, 4) is 6.07 Å². The molecule has 6 heteroatoms. The number of rotatable bonds is 6. The zero-order chi connectivity index (χ0) is 13.5. The van der Waals surface area contributed by atoms with Gasteiger partial charge in [0.2, 0.25) is 0 Å². The molecule has 0 spiro atoms. The lowest BCUT2D eigenvalue weighted by Gasteiger charge is -2.25. The monoisotopic (exact) mass is 250 g/mol. The zero-order valence-corrected chi connectivity index (χ0v) is 10.6. The Balaban J connectivity index is 2.78. The summed E-state index contributed by atoms with van der Waals surface area (Å²) < 4.78 is 5.12. The summed E-state index contributed by atoms with van der Waals surface area (Å²) in [5, 5.41) is 8.63. The third kappa shape index (κ3) is 3.58. The number of hydrazine groups is 1. The quantitative estimate of drug-likeness (QED) is 0.446. The minimum absolute atomic E-state index is 0.222. The van der Waals surface area contributed by atoms with E-state index in [1.807, 2.05) is 19.3 Å². The van der Waals surface area contributed by atoms with Gasteiger partial charge >= 0.3 is 5.91 Å². The number of nitrogens with zero attached hydrogens (tertiary/aromatic N) is 2. The number of amides is 1. The lowest BCUT2D eigenvalue weighted by atomic mass is 10.2. The van der Waals surface area contributed by atoms with Crippen LogP contribution in [0.3, 0.4) is 0 Å². The maximum Gasteiger partial charge on any atom is 0.301 e. The molecule has 6 nitrogen and oxygen atoms in total. The fourth-order valence-corrected chi connectivity index (χ4v) is 1.66. The SMILES string of the molecule is CC(C)N(CCC#N)Cc1ccoc1C(=O)NN. The van der Waals surface area contributed by atoms with E-state index in [1.54, 1.807) is 6.07 Å². The van der Waals surface area contributed by atoms with Crippen LogP contribution in [0, 0.1) is 11.3 Å². The molecule has 0 saturated heterocycles. The topological polar surface area (TPSA) is 95.3 Å². The second-order valence-corrected chi connectivity index (χ2v) is 4.22. The van der Waals surface area contributed by atoms with Crippen LogP contribution in [0.5, 0.6) is 0 Å². The summed E-state index contributed by atoms with van der Waals surface area (Å²) in [6, 6.07) is 4.14. The van der Waals surface area contributed by atoms with E-state index in [4.69, 9.17) is 15.5 Å². The molecule has 1 aromatic heterocycles. The average molecular weight is 250 g/mol. The molecule has 1 rings (SSSR count). The Morgan fingerprint density at radius 3 is 2.94 bits per heavy atom. The minimum atomic E-state index is -0.445. The summed E-state index contributed by atoms with van der Waals surface area (Å²) in [5.41, 5.74) is 2.82. The molecule has 3 N–H and O–H groups in total. The van der Waals surface area contributed by atoms with Crippen LogP contribution in [0.4, 0.5) is 0 Å². The van der Waals surface area contributed by atoms with E-state index in [-0.39, 0.29) is 11.8 Å². The Labute approximate surface area is 106 Å². The maximum atomic E-state index is 11.5. The first-order valence-corrected chi connectivity index (χ1v) is 5.78. The van der Waals surface area contributed by atoms with E-state index in [0.717, 1.165) is 5.56 Å². The van der Waals surface area contributed by atoms with Gasteiger partial charge in [-0.05, 0) is 19.9 Å². The summed E-state index contributed by atoms with van der Waals surface area (Å²) in [6.07, 6.45) is 1.91. The molecule has 1 heterocycles. The number of hydrogen-bond donors (Lipinski definition) is 2. The molecule has 0 radical (unpaired) electrons. The van der Waals surface area contributed by atoms with E-state index in [2.05, 4.69) is 11.0 Å². The van der Waals surface area contributed by atoms with Crippen LogP contribution in [0.2, 0.25) is 0 Å². The van der Waals surface area contributed by atoms with Gasteiger partial charge in [-0.25, -0.2) is 5.84 Å². The number of hydrogen-bond acceptors (Lipinski definition) is 5. The summed E-state index contributed by atoms with van der Waals surface area (Å²) in [4.78, 5) is 13.6. The third-order valence-electron chi connectivity index (χ3n) is 2.70. The minimum Gasteiger partial charge on any atom is -0.459 e. The van der Waals surface area contributed by atoms with Gasteiger partial charge in [-0.3, -0.25) is 15.1 Å². The molecule has 0 aliphatic carbocycles. The van der Waals surface area contributed by atoms with Gasteiger partial charge in [-0.15, -0.1) is 0 Å². The van der Waals surface area contributed by atoms with Gasteiger partial charge in [0, 0.05) is 31.1 Å². The van der Waals surface area contributed by atoms with E-state index in [9.17, 15) is 4.79 Å². The van der Waals surface area contributed by atoms with Gasteiger partial charge < -0.3 is 4.42 Å². The molecule has 0 atom stereocenters. The van der Waals surface area contributed by atoms with E-state index >= 15 is 0 Å². The van der Waals surface area contributed by atoms with Crippen molar-refractivity contribution in [3.05, 3.63) is 23.7 Å². The molecular formula is C12H18N4O2. The molecule has 0 aromatic carbocycles. The van der Waals surface area contributed by atoms with Gasteiger partial charge in [0.05, 0.1) is 12.3 Å². The van der Waals surface area contributed by atoms with Crippen molar-refractivity contribution < 1.29 is 9.21 Å². The van der Waals surface area contributed by atoms with Crippen LogP contribution in [0.1, 0.15) is 36.4 Å². The average Bonchev–Trinajstić information content (AvgIpc) is 2.81. The number of nitrogens with two attached hydrogens (primary N) is 1. The van der Waals surface area contributed by atoms with Crippen molar-refractivity contribution in [1.29, 1.82) is 5.26 Å². The third-order valence-corrected chi connectivity index (χ3v) is 2.70. The largest absolute Gasteiger partial charge is 0.459 e. The summed E-state index contributed by atoms with van der Waals surface area (Å²) in [6.45, 7) is 5.29. The molecule has 1 aromatic rings. The second kappa shape index (κ2) is 6.79. The Morgan fingerprint density at radius 2 is 2.39 bits per heavy atom. The van der Waals surface area contributed by atoms with Gasteiger partial charge in [0.15, 0.2) is 5.76 Å². The number of furan rings is 1. The predicted octanol–water partition coefficient (Wildman–Crippen LogP) is 1.01. The summed E-state index contributed by atoms with van der Waals surface area (Å²) in [5.74, 6) is 4.86. The van der Waals surface area contributed by atoms with Crippen molar-refractivity contribution in [1.82, 2.24) is 10.3 Å². The van der Waals surface area contributed by atoms with Crippen molar-refractivity contribution >= 4 is 5.91 Å². The van der Waals surface area contributed by atoms with Gasteiger partial charge in [0.25, 0.3) is 0 Å². The standard InChI is InChI=1S/C12H18N4O2/c1-9(2)16(6-3-5-13)8-10-4-7-18-11(10)12(17)15-14/h4,7,9H,3,6,8,14H2,1-2H3,(H,15,17).